The van der Waals surface area contributed by atoms with Crippen molar-refractivity contribution >= 4 is 23.5 Å². The summed E-state index contributed by atoms with van der Waals surface area (Å²) in [5.41, 5.74) is 2.08. The Hall–Kier alpha value is -3.15. The number of aryl methyl sites for hydroxylation is 1. The van der Waals surface area contributed by atoms with Crippen LogP contribution in [0.15, 0.2) is 54.6 Å². The number of rotatable bonds is 4. The fraction of sp³-hybridized carbons (Fsp3) is 0.400. The maximum Gasteiger partial charge on any atom is 0.317 e. The van der Waals surface area contributed by atoms with Gasteiger partial charge >= 0.3 is 5.97 Å². The smallest absolute Gasteiger partial charge is 0.317 e. The van der Waals surface area contributed by atoms with Gasteiger partial charge in [-0.3, -0.25) is 14.4 Å². The molecule has 6 nitrogen and oxygen atoms in total. The number of anilines is 1. The van der Waals surface area contributed by atoms with E-state index in [1.807, 2.05) is 54.6 Å². The van der Waals surface area contributed by atoms with Gasteiger partial charge in [-0.1, -0.05) is 48.5 Å². The van der Waals surface area contributed by atoms with E-state index in [0.717, 1.165) is 29.7 Å². The van der Waals surface area contributed by atoms with Crippen molar-refractivity contribution in [2.75, 3.05) is 31.1 Å². The van der Waals surface area contributed by atoms with Gasteiger partial charge in [-0.05, 0) is 42.9 Å². The first kappa shape index (κ1) is 21.1. The van der Waals surface area contributed by atoms with Crippen molar-refractivity contribution in [2.24, 2.45) is 0 Å². The van der Waals surface area contributed by atoms with Crippen molar-refractivity contribution in [3.8, 4) is 0 Å². The minimum absolute atomic E-state index is 0.00831. The number of carbonyl (C=O) groups excluding carboxylic acids is 3. The number of amides is 2. The fourth-order valence-electron chi connectivity index (χ4n) is 4.71. The van der Waals surface area contributed by atoms with Crippen molar-refractivity contribution < 1.29 is 19.1 Å². The predicted molar refractivity (Wildman–Crippen MR) is 118 cm³/mol. The molecule has 2 aliphatic heterocycles. The van der Waals surface area contributed by atoms with Gasteiger partial charge in [0.15, 0.2) is 6.61 Å². The van der Waals surface area contributed by atoms with E-state index in [4.69, 9.17) is 4.74 Å². The lowest BCUT2D eigenvalue weighted by Gasteiger charge is -2.40. The van der Waals surface area contributed by atoms with Crippen LogP contribution < -0.4 is 4.90 Å². The number of likely N-dealkylation sites (tertiary alicyclic amines) is 1. The van der Waals surface area contributed by atoms with E-state index in [-0.39, 0.29) is 24.4 Å². The third-order valence-electron chi connectivity index (χ3n) is 6.52. The first-order valence-electron chi connectivity index (χ1n) is 10.9. The molecule has 1 fully saturated rings. The molecule has 0 spiro atoms. The standard InChI is InChI=1S/C25H28N2O4/c1-19(28)26-16-13-25(14-17-26,21-10-3-2-4-11-21)24(30)31-18-23(29)27-15-7-9-20-8-5-6-12-22(20)27/h2-6,8,10-12H,7,9,13-18H2,1H3. The van der Waals surface area contributed by atoms with E-state index in [9.17, 15) is 14.4 Å². The SMILES string of the molecule is CC(=O)N1CCC(C(=O)OCC(=O)N2CCCc3ccccc32)(c2ccccc2)CC1. The summed E-state index contributed by atoms with van der Waals surface area (Å²) in [4.78, 5) is 41.5. The lowest BCUT2D eigenvalue weighted by Crippen LogP contribution is -2.50. The number of hydrogen-bond acceptors (Lipinski definition) is 4. The second-order valence-corrected chi connectivity index (χ2v) is 8.31. The molecule has 2 aromatic rings. The van der Waals surface area contributed by atoms with Crippen LogP contribution in [-0.4, -0.2) is 48.9 Å². The van der Waals surface area contributed by atoms with Crippen molar-refractivity contribution in [1.82, 2.24) is 4.90 Å². The highest BCUT2D eigenvalue weighted by atomic mass is 16.5. The molecule has 0 saturated carbocycles. The predicted octanol–water partition coefficient (Wildman–Crippen LogP) is 3.09. The van der Waals surface area contributed by atoms with Crippen LogP contribution in [0.3, 0.4) is 0 Å². The summed E-state index contributed by atoms with van der Waals surface area (Å²) in [6, 6.07) is 17.4. The van der Waals surface area contributed by atoms with Crippen LogP contribution in [0.1, 0.15) is 37.3 Å². The molecule has 0 radical (unpaired) electrons. The molecule has 2 heterocycles. The lowest BCUT2D eigenvalue weighted by molar-refractivity contribution is -0.156. The zero-order valence-corrected chi connectivity index (χ0v) is 17.9. The van der Waals surface area contributed by atoms with Crippen molar-refractivity contribution in [3.63, 3.8) is 0 Å². The Balaban J connectivity index is 1.49. The number of piperidine rings is 1. The highest BCUT2D eigenvalue weighted by Gasteiger charge is 2.45. The molecular weight excluding hydrogens is 392 g/mol. The van der Waals surface area contributed by atoms with Gasteiger partial charge in [-0.15, -0.1) is 0 Å². The number of benzene rings is 2. The highest BCUT2D eigenvalue weighted by Crippen LogP contribution is 2.37. The molecule has 0 bridgehead atoms. The number of ether oxygens (including phenoxy) is 1. The zero-order chi connectivity index (χ0) is 21.8. The van der Waals surface area contributed by atoms with Gasteiger partial charge < -0.3 is 14.5 Å². The molecule has 6 heteroatoms. The first-order chi connectivity index (χ1) is 15.0. The normalized spacial score (nSPS) is 17.6. The first-order valence-corrected chi connectivity index (χ1v) is 10.9. The highest BCUT2D eigenvalue weighted by molar-refractivity contribution is 5.97. The third kappa shape index (κ3) is 4.20. The van der Waals surface area contributed by atoms with Crippen LogP contribution in [0.2, 0.25) is 0 Å². The summed E-state index contributed by atoms with van der Waals surface area (Å²) in [6.45, 7) is 2.88. The van der Waals surface area contributed by atoms with Crippen LogP contribution in [0, 0.1) is 0 Å². The Morgan fingerprint density at radius 3 is 2.32 bits per heavy atom. The molecule has 4 rings (SSSR count). The molecule has 0 atom stereocenters. The monoisotopic (exact) mass is 420 g/mol. The van der Waals surface area contributed by atoms with Crippen molar-refractivity contribution in [2.45, 2.75) is 38.0 Å². The Morgan fingerprint density at radius 1 is 0.935 bits per heavy atom. The van der Waals surface area contributed by atoms with Gasteiger partial charge in [-0.2, -0.15) is 0 Å². The van der Waals surface area contributed by atoms with Gasteiger partial charge in [0.1, 0.15) is 0 Å². The maximum absolute atomic E-state index is 13.3. The van der Waals surface area contributed by atoms with E-state index < -0.39 is 5.41 Å². The van der Waals surface area contributed by atoms with Crippen LogP contribution in [0.4, 0.5) is 5.69 Å². The second-order valence-electron chi connectivity index (χ2n) is 8.31. The summed E-state index contributed by atoms with van der Waals surface area (Å²) >= 11 is 0. The molecule has 31 heavy (non-hydrogen) atoms. The average Bonchev–Trinajstić information content (AvgIpc) is 2.82. The molecule has 0 aliphatic carbocycles. The van der Waals surface area contributed by atoms with Crippen LogP contribution in [-0.2, 0) is 31.0 Å². The van der Waals surface area contributed by atoms with Crippen LogP contribution in [0.5, 0.6) is 0 Å². The molecule has 0 aromatic heterocycles. The zero-order valence-electron chi connectivity index (χ0n) is 17.9. The van der Waals surface area contributed by atoms with Gasteiger partial charge in [0.25, 0.3) is 5.91 Å². The van der Waals surface area contributed by atoms with E-state index in [1.165, 1.54) is 0 Å². The lowest BCUT2D eigenvalue weighted by atomic mass is 9.72. The molecule has 1 saturated heterocycles. The Labute approximate surface area is 182 Å². The average molecular weight is 421 g/mol. The molecule has 162 valence electrons. The van der Waals surface area contributed by atoms with Crippen LogP contribution in [0.25, 0.3) is 0 Å². The van der Waals surface area contributed by atoms with Gasteiger partial charge in [-0.25, -0.2) is 0 Å². The van der Waals surface area contributed by atoms with E-state index in [2.05, 4.69) is 0 Å². The summed E-state index contributed by atoms with van der Waals surface area (Å²) in [5, 5.41) is 0. The minimum Gasteiger partial charge on any atom is -0.455 e. The number of esters is 1. The fourth-order valence-corrected chi connectivity index (χ4v) is 4.71. The summed E-state index contributed by atoms with van der Waals surface area (Å²) < 4.78 is 5.63. The Bertz CT molecular complexity index is 964. The van der Waals surface area contributed by atoms with Crippen molar-refractivity contribution in [1.29, 1.82) is 0 Å². The molecule has 2 aliphatic rings. The Kier molecular flexibility index (Phi) is 6.07. The largest absolute Gasteiger partial charge is 0.455 e. The number of nitrogens with zero attached hydrogens (tertiary/aromatic N) is 2. The topological polar surface area (TPSA) is 66.9 Å². The molecule has 2 aromatic carbocycles. The molecule has 0 unspecified atom stereocenters. The summed E-state index contributed by atoms with van der Waals surface area (Å²) in [7, 11) is 0. The number of fused-ring (bicyclic) bond motifs is 1. The number of para-hydroxylation sites is 1. The van der Waals surface area contributed by atoms with E-state index in [1.54, 1.807) is 16.7 Å². The summed E-state index contributed by atoms with van der Waals surface area (Å²) in [6.07, 6.45) is 2.81. The molecule has 0 N–H and O–H groups in total. The Morgan fingerprint density at radius 2 is 1.61 bits per heavy atom. The maximum atomic E-state index is 13.3. The summed E-state index contributed by atoms with van der Waals surface area (Å²) in [5.74, 6) is -0.584. The second kappa shape index (κ2) is 8.92. The molecule has 2 amide bonds. The quantitative estimate of drug-likeness (QED) is 0.713. The third-order valence-corrected chi connectivity index (χ3v) is 6.52. The van der Waals surface area contributed by atoms with Gasteiger partial charge in [0, 0.05) is 32.2 Å². The number of hydrogen-bond donors (Lipinski definition) is 0. The number of carbonyl (C=O) groups is 3. The van der Waals surface area contributed by atoms with Gasteiger partial charge in [0.05, 0.1) is 5.41 Å². The van der Waals surface area contributed by atoms with E-state index in [0.29, 0.717) is 32.5 Å². The minimum atomic E-state index is -0.840. The molecular formula is C25H28N2O4. The van der Waals surface area contributed by atoms with E-state index >= 15 is 0 Å². The van der Waals surface area contributed by atoms with Gasteiger partial charge in [0.2, 0.25) is 5.91 Å². The van der Waals surface area contributed by atoms with Crippen molar-refractivity contribution in [3.05, 3.63) is 65.7 Å². The van der Waals surface area contributed by atoms with Crippen LogP contribution >= 0.6 is 0 Å².